The Morgan fingerprint density at radius 1 is 1.38 bits per heavy atom. The molecule has 1 aromatic heterocycles. The van der Waals surface area contributed by atoms with Crippen molar-refractivity contribution in [2.24, 2.45) is 0 Å². The van der Waals surface area contributed by atoms with Gasteiger partial charge in [-0.25, -0.2) is 0 Å². The van der Waals surface area contributed by atoms with E-state index in [1.54, 1.807) is 23.1 Å². The summed E-state index contributed by atoms with van der Waals surface area (Å²) in [5, 5.41) is 3.35. The Labute approximate surface area is 104 Å². The molecule has 0 amide bonds. The molecule has 1 nitrogen and oxygen atoms in total. The number of hydrogen-bond donors (Lipinski definition) is 0. The fourth-order valence-electron chi connectivity index (χ4n) is 1.69. The van der Waals surface area contributed by atoms with Gasteiger partial charge in [0.1, 0.15) is 5.78 Å². The van der Waals surface area contributed by atoms with E-state index in [0.717, 1.165) is 5.75 Å². The summed E-state index contributed by atoms with van der Waals surface area (Å²) in [7, 11) is 0. The molecule has 0 N–H and O–H groups in total. The number of rotatable bonds is 5. The number of carbonyl (C=O) groups excluding carboxylic acids is 1. The Morgan fingerprint density at radius 3 is 3.00 bits per heavy atom. The molecule has 0 radical (unpaired) electrons. The van der Waals surface area contributed by atoms with Gasteiger partial charge in [-0.3, -0.25) is 4.79 Å². The number of ketones is 1. The first-order chi connectivity index (χ1) is 7.81. The van der Waals surface area contributed by atoms with Gasteiger partial charge < -0.3 is 0 Å². The molecule has 1 aromatic carbocycles. The monoisotopic (exact) mass is 250 g/mol. The smallest absolute Gasteiger partial charge is 0.138 e. The summed E-state index contributed by atoms with van der Waals surface area (Å²) in [6.45, 7) is 0. The maximum absolute atomic E-state index is 11.7. The van der Waals surface area contributed by atoms with Crippen LogP contribution in [0.5, 0.6) is 0 Å². The van der Waals surface area contributed by atoms with E-state index in [2.05, 4.69) is 17.5 Å². The highest BCUT2D eigenvalue weighted by molar-refractivity contribution is 7.98. The zero-order valence-corrected chi connectivity index (χ0v) is 10.9. The van der Waals surface area contributed by atoms with Crippen LogP contribution in [-0.2, 0) is 11.2 Å². The van der Waals surface area contributed by atoms with Crippen LogP contribution in [0.15, 0.2) is 29.6 Å². The Kier molecular flexibility index (Phi) is 4.02. The number of thiophene rings is 1. The van der Waals surface area contributed by atoms with Crippen LogP contribution in [0.25, 0.3) is 10.1 Å². The average molecular weight is 250 g/mol. The van der Waals surface area contributed by atoms with Gasteiger partial charge in [-0.1, -0.05) is 18.2 Å². The molecule has 0 bridgehead atoms. The molecule has 16 heavy (non-hydrogen) atoms. The molecular formula is C13H14OS2. The SMILES string of the molecule is CSCCC(=O)Cc1csc2ccccc12. The second-order valence-electron chi connectivity index (χ2n) is 3.72. The summed E-state index contributed by atoms with van der Waals surface area (Å²) >= 11 is 3.45. The van der Waals surface area contributed by atoms with Crippen LogP contribution >= 0.6 is 23.1 Å². The summed E-state index contributed by atoms with van der Waals surface area (Å²) in [5.41, 5.74) is 1.19. The first kappa shape index (κ1) is 11.7. The number of fused-ring (bicyclic) bond motifs is 1. The van der Waals surface area contributed by atoms with Crippen molar-refractivity contribution in [3.05, 3.63) is 35.2 Å². The second kappa shape index (κ2) is 5.51. The largest absolute Gasteiger partial charge is 0.299 e. The summed E-state index contributed by atoms with van der Waals surface area (Å²) < 4.78 is 1.27. The van der Waals surface area contributed by atoms with Gasteiger partial charge in [-0.2, -0.15) is 11.8 Å². The zero-order valence-electron chi connectivity index (χ0n) is 9.23. The third kappa shape index (κ3) is 2.66. The van der Waals surface area contributed by atoms with Crippen LogP contribution in [0.2, 0.25) is 0 Å². The van der Waals surface area contributed by atoms with Crippen LogP contribution in [0.1, 0.15) is 12.0 Å². The Morgan fingerprint density at radius 2 is 2.19 bits per heavy atom. The summed E-state index contributed by atoms with van der Waals surface area (Å²) in [4.78, 5) is 11.7. The molecule has 0 spiro atoms. The van der Waals surface area contributed by atoms with Crippen LogP contribution in [0.4, 0.5) is 0 Å². The molecule has 2 aromatic rings. The summed E-state index contributed by atoms with van der Waals surface area (Å²) in [6.07, 6.45) is 3.31. The van der Waals surface area contributed by atoms with Crippen molar-refractivity contribution < 1.29 is 4.79 Å². The van der Waals surface area contributed by atoms with Crippen molar-refractivity contribution in [2.75, 3.05) is 12.0 Å². The van der Waals surface area contributed by atoms with Crippen molar-refractivity contribution in [3.8, 4) is 0 Å². The minimum atomic E-state index is 0.345. The van der Waals surface area contributed by atoms with E-state index in [9.17, 15) is 4.79 Å². The summed E-state index contributed by atoms with van der Waals surface area (Å²) in [6, 6.07) is 8.28. The predicted molar refractivity (Wildman–Crippen MR) is 73.5 cm³/mol. The van der Waals surface area contributed by atoms with Gasteiger partial charge in [-0.15, -0.1) is 11.3 Å². The van der Waals surface area contributed by atoms with E-state index in [0.29, 0.717) is 18.6 Å². The molecule has 0 saturated carbocycles. The first-order valence-electron chi connectivity index (χ1n) is 5.27. The van der Waals surface area contributed by atoms with E-state index < -0.39 is 0 Å². The topological polar surface area (TPSA) is 17.1 Å². The van der Waals surface area contributed by atoms with E-state index in [1.165, 1.54) is 15.6 Å². The highest BCUT2D eigenvalue weighted by Gasteiger charge is 2.08. The first-order valence-corrected chi connectivity index (χ1v) is 7.54. The maximum atomic E-state index is 11.7. The van der Waals surface area contributed by atoms with Gasteiger partial charge in [0.05, 0.1) is 0 Å². The Balaban J connectivity index is 2.12. The van der Waals surface area contributed by atoms with Gasteiger partial charge in [0.2, 0.25) is 0 Å². The van der Waals surface area contributed by atoms with Crippen LogP contribution in [0, 0.1) is 0 Å². The van der Waals surface area contributed by atoms with E-state index in [1.807, 2.05) is 18.4 Å². The van der Waals surface area contributed by atoms with Gasteiger partial charge in [0.15, 0.2) is 0 Å². The molecule has 0 atom stereocenters. The molecule has 2 rings (SSSR count). The van der Waals surface area contributed by atoms with Gasteiger partial charge in [0.25, 0.3) is 0 Å². The van der Waals surface area contributed by atoms with Gasteiger partial charge in [-0.05, 0) is 34.4 Å². The molecule has 0 aliphatic rings. The van der Waals surface area contributed by atoms with Crippen LogP contribution < -0.4 is 0 Å². The maximum Gasteiger partial charge on any atom is 0.138 e. The minimum absolute atomic E-state index is 0.345. The molecule has 0 unspecified atom stereocenters. The second-order valence-corrected chi connectivity index (χ2v) is 5.61. The lowest BCUT2D eigenvalue weighted by atomic mass is 10.1. The Hall–Kier alpha value is -0.800. The fraction of sp³-hybridized carbons (Fsp3) is 0.308. The van der Waals surface area contributed by atoms with Gasteiger partial charge in [0, 0.05) is 17.5 Å². The zero-order chi connectivity index (χ0) is 11.4. The third-order valence-corrected chi connectivity index (χ3v) is 4.16. The third-order valence-electron chi connectivity index (χ3n) is 2.53. The number of benzene rings is 1. The van der Waals surface area contributed by atoms with Crippen molar-refractivity contribution in [1.82, 2.24) is 0 Å². The lowest BCUT2D eigenvalue weighted by Gasteiger charge is -1.99. The highest BCUT2D eigenvalue weighted by atomic mass is 32.2. The van der Waals surface area contributed by atoms with E-state index >= 15 is 0 Å². The predicted octanol–water partition coefficient (Wildman–Crippen LogP) is 3.77. The normalized spacial score (nSPS) is 10.8. The van der Waals surface area contributed by atoms with Crippen LogP contribution in [-0.4, -0.2) is 17.8 Å². The lowest BCUT2D eigenvalue weighted by molar-refractivity contribution is -0.118. The fourth-order valence-corrected chi connectivity index (χ4v) is 3.08. The molecule has 0 aliphatic heterocycles. The molecule has 84 valence electrons. The van der Waals surface area contributed by atoms with Crippen molar-refractivity contribution in [3.63, 3.8) is 0 Å². The Bertz CT molecular complexity index is 487. The van der Waals surface area contributed by atoms with Crippen LogP contribution in [0.3, 0.4) is 0 Å². The molecule has 0 saturated heterocycles. The number of hydrogen-bond acceptors (Lipinski definition) is 3. The molecule has 0 aliphatic carbocycles. The standard InChI is InChI=1S/C13H14OS2/c1-15-7-6-11(14)8-10-9-16-13-5-3-2-4-12(10)13/h2-5,9H,6-8H2,1H3. The summed E-state index contributed by atoms with van der Waals surface area (Å²) in [5.74, 6) is 1.28. The molecular weight excluding hydrogens is 236 g/mol. The van der Waals surface area contributed by atoms with Crippen molar-refractivity contribution in [1.29, 1.82) is 0 Å². The quantitative estimate of drug-likeness (QED) is 0.803. The minimum Gasteiger partial charge on any atom is -0.299 e. The average Bonchev–Trinajstić information content (AvgIpc) is 2.70. The number of Topliss-reactive ketones (excluding diaryl/α,β-unsaturated/α-hetero) is 1. The van der Waals surface area contributed by atoms with Crippen molar-refractivity contribution in [2.45, 2.75) is 12.8 Å². The highest BCUT2D eigenvalue weighted by Crippen LogP contribution is 2.26. The van der Waals surface area contributed by atoms with Gasteiger partial charge >= 0.3 is 0 Å². The number of thioether (sulfide) groups is 1. The molecule has 3 heteroatoms. The lowest BCUT2D eigenvalue weighted by Crippen LogP contribution is -2.03. The molecule has 0 fully saturated rings. The van der Waals surface area contributed by atoms with E-state index in [4.69, 9.17) is 0 Å². The molecule has 1 heterocycles. The van der Waals surface area contributed by atoms with Crippen molar-refractivity contribution >= 4 is 39.0 Å². The van der Waals surface area contributed by atoms with E-state index in [-0.39, 0.29) is 0 Å². The number of carbonyl (C=O) groups is 1.